The van der Waals surface area contributed by atoms with Crippen LogP contribution < -0.4 is 0 Å². The monoisotopic (exact) mass is 427 g/mol. The van der Waals surface area contributed by atoms with Crippen LogP contribution in [0.3, 0.4) is 0 Å². The molecule has 0 aliphatic heterocycles. The van der Waals surface area contributed by atoms with Crippen molar-refractivity contribution >= 4 is 6.09 Å². The summed E-state index contributed by atoms with van der Waals surface area (Å²) in [5.74, 6) is 0. The first kappa shape index (κ1) is 22.1. The standard InChI is InChI=1S/C29H33NO2/c1-29(2,3)32-28(31)30(21-22-11-6-4-7-12-22)27-16-10-15-24-17-18-25(19-26(24)20-27)23-13-8-5-9-14-23/h4-9,11-14,17-19,27H,10,15-16,20-21H2,1-3H3. The first-order valence-corrected chi connectivity index (χ1v) is 11.6. The number of amides is 1. The lowest BCUT2D eigenvalue weighted by Gasteiger charge is -2.33. The van der Waals surface area contributed by atoms with E-state index in [9.17, 15) is 4.79 Å². The third-order valence-electron chi connectivity index (χ3n) is 6.02. The molecular formula is C29H33NO2. The van der Waals surface area contributed by atoms with Gasteiger partial charge in [0.2, 0.25) is 0 Å². The first-order chi connectivity index (χ1) is 15.4. The summed E-state index contributed by atoms with van der Waals surface area (Å²) in [6, 6.07) is 27.6. The number of fused-ring (bicyclic) bond motifs is 1. The van der Waals surface area contributed by atoms with E-state index >= 15 is 0 Å². The highest BCUT2D eigenvalue weighted by Crippen LogP contribution is 2.30. The van der Waals surface area contributed by atoms with E-state index in [0.717, 1.165) is 31.2 Å². The Kier molecular flexibility index (Phi) is 6.64. The van der Waals surface area contributed by atoms with Gasteiger partial charge in [0.15, 0.2) is 0 Å². The van der Waals surface area contributed by atoms with Crippen molar-refractivity contribution in [2.75, 3.05) is 0 Å². The van der Waals surface area contributed by atoms with Crippen LogP contribution in [0.1, 0.15) is 50.3 Å². The van der Waals surface area contributed by atoms with Crippen molar-refractivity contribution in [1.29, 1.82) is 0 Å². The Hall–Kier alpha value is -3.07. The van der Waals surface area contributed by atoms with Crippen LogP contribution >= 0.6 is 0 Å². The third-order valence-corrected chi connectivity index (χ3v) is 6.02. The SMILES string of the molecule is CC(C)(C)OC(=O)N(Cc1ccccc1)C1CCCc2ccc(-c3ccccc3)cc2C1. The van der Waals surface area contributed by atoms with Crippen LogP contribution in [0.5, 0.6) is 0 Å². The summed E-state index contributed by atoms with van der Waals surface area (Å²) in [4.78, 5) is 15.2. The van der Waals surface area contributed by atoms with Gasteiger partial charge in [0, 0.05) is 12.6 Å². The van der Waals surface area contributed by atoms with E-state index in [1.165, 1.54) is 22.3 Å². The molecule has 0 saturated heterocycles. The zero-order chi connectivity index (χ0) is 22.6. The van der Waals surface area contributed by atoms with E-state index in [0.29, 0.717) is 6.54 Å². The van der Waals surface area contributed by atoms with Crippen molar-refractivity contribution in [1.82, 2.24) is 4.90 Å². The molecule has 0 fully saturated rings. The fraction of sp³-hybridized carbons (Fsp3) is 0.345. The molecule has 1 amide bonds. The Balaban J connectivity index is 1.63. The van der Waals surface area contributed by atoms with Gasteiger partial charge in [0.05, 0.1) is 0 Å². The highest BCUT2D eigenvalue weighted by atomic mass is 16.6. The maximum atomic E-state index is 13.3. The van der Waals surface area contributed by atoms with Crippen LogP contribution in [-0.2, 0) is 24.1 Å². The van der Waals surface area contributed by atoms with Crippen molar-refractivity contribution in [2.45, 2.75) is 64.6 Å². The van der Waals surface area contributed by atoms with Gasteiger partial charge in [-0.25, -0.2) is 4.79 Å². The van der Waals surface area contributed by atoms with Gasteiger partial charge < -0.3 is 9.64 Å². The Bertz CT molecular complexity index is 1040. The van der Waals surface area contributed by atoms with Crippen LogP contribution in [0.4, 0.5) is 4.79 Å². The number of aryl methyl sites for hydroxylation is 1. The van der Waals surface area contributed by atoms with Crippen molar-refractivity contribution in [3.63, 3.8) is 0 Å². The van der Waals surface area contributed by atoms with E-state index < -0.39 is 5.60 Å². The summed E-state index contributed by atoms with van der Waals surface area (Å²) in [6.07, 6.45) is 3.71. The summed E-state index contributed by atoms with van der Waals surface area (Å²) in [6.45, 7) is 6.36. The maximum Gasteiger partial charge on any atom is 0.410 e. The minimum Gasteiger partial charge on any atom is -0.444 e. The van der Waals surface area contributed by atoms with Crippen LogP contribution in [-0.4, -0.2) is 22.6 Å². The van der Waals surface area contributed by atoms with Crippen molar-refractivity contribution < 1.29 is 9.53 Å². The van der Waals surface area contributed by atoms with Crippen LogP contribution in [0.25, 0.3) is 11.1 Å². The quantitative estimate of drug-likeness (QED) is 0.418. The van der Waals surface area contributed by atoms with Crippen LogP contribution in [0.2, 0.25) is 0 Å². The number of ether oxygens (including phenoxy) is 1. The molecule has 32 heavy (non-hydrogen) atoms. The number of rotatable bonds is 4. The van der Waals surface area contributed by atoms with Crippen molar-refractivity contribution in [2.24, 2.45) is 0 Å². The molecule has 0 heterocycles. The number of hydrogen-bond donors (Lipinski definition) is 0. The fourth-order valence-electron chi connectivity index (χ4n) is 4.46. The third kappa shape index (κ3) is 5.59. The lowest BCUT2D eigenvalue weighted by Crippen LogP contribution is -2.43. The molecule has 3 aromatic carbocycles. The van der Waals surface area contributed by atoms with Gasteiger partial charge in [-0.05, 0) is 74.3 Å². The molecule has 3 heteroatoms. The molecule has 0 bridgehead atoms. The zero-order valence-electron chi connectivity index (χ0n) is 19.4. The summed E-state index contributed by atoms with van der Waals surface area (Å²) in [7, 11) is 0. The fourth-order valence-corrected chi connectivity index (χ4v) is 4.46. The summed E-state index contributed by atoms with van der Waals surface area (Å²) in [5.41, 5.74) is 5.81. The molecule has 0 aromatic heterocycles. The number of nitrogens with zero attached hydrogens (tertiary/aromatic N) is 1. The maximum absolute atomic E-state index is 13.3. The van der Waals surface area contributed by atoms with E-state index in [2.05, 4.69) is 54.6 Å². The molecule has 1 aliphatic carbocycles. The molecule has 0 saturated carbocycles. The average Bonchev–Trinajstić information content (AvgIpc) is 2.99. The molecule has 0 spiro atoms. The molecule has 3 nitrogen and oxygen atoms in total. The van der Waals surface area contributed by atoms with E-state index in [1.54, 1.807) is 0 Å². The molecule has 1 unspecified atom stereocenters. The number of carbonyl (C=O) groups excluding carboxylic acids is 1. The van der Waals surface area contributed by atoms with Crippen molar-refractivity contribution in [3.8, 4) is 11.1 Å². The second-order valence-corrected chi connectivity index (χ2v) is 9.69. The molecular weight excluding hydrogens is 394 g/mol. The smallest absolute Gasteiger partial charge is 0.410 e. The predicted molar refractivity (Wildman–Crippen MR) is 131 cm³/mol. The number of hydrogen-bond acceptors (Lipinski definition) is 2. The van der Waals surface area contributed by atoms with Crippen molar-refractivity contribution in [3.05, 3.63) is 95.6 Å². The minimum atomic E-state index is -0.519. The van der Waals surface area contributed by atoms with E-state index in [4.69, 9.17) is 4.74 Å². The highest BCUT2D eigenvalue weighted by Gasteiger charge is 2.30. The van der Waals surface area contributed by atoms with Gasteiger partial charge in [-0.15, -0.1) is 0 Å². The van der Waals surface area contributed by atoms with Gasteiger partial charge in [-0.3, -0.25) is 0 Å². The molecule has 0 radical (unpaired) electrons. The van der Waals surface area contributed by atoms with Gasteiger partial charge >= 0.3 is 6.09 Å². The minimum absolute atomic E-state index is 0.109. The molecule has 1 atom stereocenters. The lowest BCUT2D eigenvalue weighted by molar-refractivity contribution is 0.0130. The van der Waals surface area contributed by atoms with Crippen LogP contribution in [0, 0.1) is 0 Å². The molecule has 0 N–H and O–H groups in total. The topological polar surface area (TPSA) is 29.5 Å². The first-order valence-electron chi connectivity index (χ1n) is 11.6. The second-order valence-electron chi connectivity index (χ2n) is 9.69. The summed E-state index contributed by atoms with van der Waals surface area (Å²) in [5, 5.41) is 0. The summed E-state index contributed by atoms with van der Waals surface area (Å²) < 4.78 is 5.83. The Morgan fingerprint density at radius 3 is 2.28 bits per heavy atom. The zero-order valence-corrected chi connectivity index (χ0v) is 19.4. The Morgan fingerprint density at radius 2 is 1.59 bits per heavy atom. The Morgan fingerprint density at radius 1 is 0.906 bits per heavy atom. The summed E-state index contributed by atoms with van der Waals surface area (Å²) >= 11 is 0. The normalized spacial score (nSPS) is 16.0. The average molecular weight is 428 g/mol. The second kappa shape index (κ2) is 9.60. The molecule has 166 valence electrons. The molecule has 3 aromatic rings. The Labute approximate surface area is 192 Å². The largest absolute Gasteiger partial charge is 0.444 e. The van der Waals surface area contributed by atoms with Gasteiger partial charge in [-0.1, -0.05) is 78.9 Å². The van der Waals surface area contributed by atoms with Gasteiger partial charge in [-0.2, -0.15) is 0 Å². The van der Waals surface area contributed by atoms with Crippen LogP contribution in [0.15, 0.2) is 78.9 Å². The van der Waals surface area contributed by atoms with Gasteiger partial charge in [0.1, 0.15) is 5.60 Å². The van der Waals surface area contributed by atoms with E-state index in [1.807, 2.05) is 49.9 Å². The predicted octanol–water partition coefficient (Wildman–Crippen LogP) is 7.04. The van der Waals surface area contributed by atoms with Gasteiger partial charge in [0.25, 0.3) is 0 Å². The number of benzene rings is 3. The lowest BCUT2D eigenvalue weighted by atomic mass is 9.95. The van der Waals surface area contributed by atoms with E-state index in [-0.39, 0.29) is 12.1 Å². The highest BCUT2D eigenvalue weighted by molar-refractivity contribution is 5.69. The molecule has 1 aliphatic rings. The number of carbonyl (C=O) groups is 1. The molecule has 4 rings (SSSR count).